The molecule has 1 nitrogen and oxygen atoms in total. The Hall–Kier alpha value is -0.550. The first-order valence-electron chi connectivity index (χ1n) is 6.81. The first kappa shape index (κ1) is 17.5. The highest BCUT2D eigenvalue weighted by atomic mass is 79.9. The topological polar surface area (TPSA) is 12.0 Å². The van der Waals surface area contributed by atoms with E-state index < -0.39 is 12.6 Å². The molecule has 0 aliphatic rings. The van der Waals surface area contributed by atoms with Gasteiger partial charge in [0.05, 0.1) is 0 Å². The minimum atomic E-state index is -4.07. The van der Waals surface area contributed by atoms with Crippen LogP contribution >= 0.6 is 15.9 Å². The molecule has 5 heteroatoms. The molecule has 20 heavy (non-hydrogen) atoms. The summed E-state index contributed by atoms with van der Waals surface area (Å²) < 4.78 is 37.8. The third kappa shape index (κ3) is 5.44. The van der Waals surface area contributed by atoms with Crippen LogP contribution in [0.15, 0.2) is 16.6 Å². The highest BCUT2D eigenvalue weighted by Gasteiger charge is 2.27. The lowest BCUT2D eigenvalue weighted by Gasteiger charge is -2.20. The van der Waals surface area contributed by atoms with Crippen LogP contribution in [0.2, 0.25) is 0 Å². The number of hydrogen-bond acceptors (Lipinski definition) is 1. The van der Waals surface area contributed by atoms with Gasteiger partial charge in [0, 0.05) is 16.9 Å². The molecule has 0 aromatic heterocycles. The van der Waals surface area contributed by atoms with Crippen LogP contribution in [0.25, 0.3) is 0 Å². The standard InChI is InChI=1S/C15H21BrF3N/c1-4-20-13(6-5-7-15(17,18)19)12-8-10(2)14(16)11(3)9-12/h8-9,13,20H,4-7H2,1-3H3. The molecule has 0 saturated heterocycles. The highest BCUT2D eigenvalue weighted by molar-refractivity contribution is 9.10. The minimum Gasteiger partial charge on any atom is -0.310 e. The van der Waals surface area contributed by atoms with E-state index in [9.17, 15) is 13.2 Å². The van der Waals surface area contributed by atoms with Gasteiger partial charge in [-0.15, -0.1) is 0 Å². The Labute approximate surface area is 127 Å². The average molecular weight is 352 g/mol. The normalized spacial score (nSPS) is 13.6. The predicted molar refractivity (Wildman–Crippen MR) is 79.9 cm³/mol. The van der Waals surface area contributed by atoms with E-state index in [0.717, 1.165) is 27.7 Å². The molecule has 1 atom stereocenters. The van der Waals surface area contributed by atoms with Crippen molar-refractivity contribution in [2.45, 2.75) is 52.3 Å². The minimum absolute atomic E-state index is 0.0205. The summed E-state index contributed by atoms with van der Waals surface area (Å²) in [7, 11) is 0. The monoisotopic (exact) mass is 351 g/mol. The fourth-order valence-corrected chi connectivity index (χ4v) is 2.55. The summed E-state index contributed by atoms with van der Waals surface area (Å²) in [5.74, 6) is 0. The van der Waals surface area contributed by atoms with E-state index in [2.05, 4.69) is 21.2 Å². The van der Waals surface area contributed by atoms with E-state index in [1.807, 2.05) is 32.9 Å². The van der Waals surface area contributed by atoms with Gasteiger partial charge in [0.25, 0.3) is 0 Å². The molecule has 0 aliphatic carbocycles. The fraction of sp³-hybridized carbons (Fsp3) is 0.600. The second-order valence-corrected chi connectivity index (χ2v) is 5.88. The van der Waals surface area contributed by atoms with Gasteiger partial charge in [-0.05, 0) is 49.9 Å². The Morgan fingerprint density at radius 3 is 2.20 bits per heavy atom. The summed E-state index contributed by atoms with van der Waals surface area (Å²) in [6.07, 6.45) is -4.14. The molecule has 0 aliphatic heterocycles. The maximum atomic E-state index is 12.2. The second kappa shape index (κ2) is 7.46. The molecule has 114 valence electrons. The fourth-order valence-electron chi connectivity index (χ4n) is 2.32. The van der Waals surface area contributed by atoms with Crippen molar-refractivity contribution in [3.63, 3.8) is 0 Å². The quantitative estimate of drug-likeness (QED) is 0.718. The molecule has 0 spiro atoms. The molecule has 1 aromatic carbocycles. The van der Waals surface area contributed by atoms with Crippen molar-refractivity contribution in [2.75, 3.05) is 6.54 Å². The van der Waals surface area contributed by atoms with Gasteiger partial charge in [-0.25, -0.2) is 0 Å². The lowest BCUT2D eigenvalue weighted by Crippen LogP contribution is -2.22. The smallest absolute Gasteiger partial charge is 0.310 e. The summed E-state index contributed by atoms with van der Waals surface area (Å²) in [4.78, 5) is 0. The Morgan fingerprint density at radius 1 is 1.20 bits per heavy atom. The lowest BCUT2D eigenvalue weighted by atomic mass is 9.97. The first-order chi connectivity index (χ1) is 9.24. The average Bonchev–Trinajstić information content (AvgIpc) is 2.33. The van der Waals surface area contributed by atoms with E-state index in [1.165, 1.54) is 0 Å². The molecule has 0 fully saturated rings. The molecule has 1 N–H and O–H groups in total. The molecule has 0 amide bonds. The summed E-state index contributed by atoms with van der Waals surface area (Å²) in [6.45, 7) is 6.71. The molecular weight excluding hydrogens is 331 g/mol. The van der Waals surface area contributed by atoms with Gasteiger partial charge >= 0.3 is 6.18 Å². The number of benzene rings is 1. The van der Waals surface area contributed by atoms with Gasteiger partial charge in [-0.2, -0.15) is 13.2 Å². The van der Waals surface area contributed by atoms with Gasteiger partial charge in [-0.1, -0.05) is 35.0 Å². The SMILES string of the molecule is CCNC(CCCC(F)(F)F)c1cc(C)c(Br)c(C)c1. The van der Waals surface area contributed by atoms with Crippen LogP contribution in [0.3, 0.4) is 0 Å². The van der Waals surface area contributed by atoms with Crippen LogP contribution in [0, 0.1) is 13.8 Å². The summed E-state index contributed by atoms with van der Waals surface area (Å²) in [5.41, 5.74) is 3.28. The Balaban J connectivity index is 2.80. The molecule has 0 radical (unpaired) electrons. The Kier molecular flexibility index (Phi) is 6.52. The molecule has 1 rings (SSSR count). The molecule has 0 saturated carbocycles. The van der Waals surface area contributed by atoms with Crippen LogP contribution in [-0.2, 0) is 0 Å². The van der Waals surface area contributed by atoms with Crippen molar-refractivity contribution in [1.82, 2.24) is 5.32 Å². The number of hydrogen-bond donors (Lipinski definition) is 1. The van der Waals surface area contributed by atoms with E-state index in [4.69, 9.17) is 0 Å². The maximum absolute atomic E-state index is 12.2. The highest BCUT2D eigenvalue weighted by Crippen LogP contribution is 2.29. The number of nitrogens with one attached hydrogen (secondary N) is 1. The largest absolute Gasteiger partial charge is 0.389 e. The first-order valence-corrected chi connectivity index (χ1v) is 7.60. The molecule has 1 aromatic rings. The van der Waals surface area contributed by atoms with Gasteiger partial charge < -0.3 is 5.32 Å². The number of aryl methyl sites for hydroxylation is 2. The number of halogens is 4. The van der Waals surface area contributed by atoms with Crippen molar-refractivity contribution in [3.8, 4) is 0 Å². The summed E-state index contributed by atoms with van der Waals surface area (Å²) >= 11 is 3.51. The molecule has 0 bridgehead atoms. The van der Waals surface area contributed by atoms with Crippen LogP contribution in [0.4, 0.5) is 13.2 Å². The van der Waals surface area contributed by atoms with E-state index >= 15 is 0 Å². The molecular formula is C15H21BrF3N. The van der Waals surface area contributed by atoms with Crippen molar-refractivity contribution >= 4 is 15.9 Å². The van der Waals surface area contributed by atoms with E-state index in [0.29, 0.717) is 6.42 Å². The Bertz CT molecular complexity index is 420. The van der Waals surface area contributed by atoms with Gasteiger partial charge in [-0.3, -0.25) is 0 Å². The van der Waals surface area contributed by atoms with Gasteiger partial charge in [0.1, 0.15) is 0 Å². The van der Waals surface area contributed by atoms with Crippen LogP contribution in [0.1, 0.15) is 48.9 Å². The third-order valence-corrected chi connectivity index (χ3v) is 4.52. The van der Waals surface area contributed by atoms with Crippen LogP contribution in [-0.4, -0.2) is 12.7 Å². The predicted octanol–water partition coefficient (Wildman–Crippen LogP) is 5.45. The van der Waals surface area contributed by atoms with Gasteiger partial charge in [0.15, 0.2) is 0 Å². The van der Waals surface area contributed by atoms with Crippen LogP contribution in [0.5, 0.6) is 0 Å². The van der Waals surface area contributed by atoms with E-state index in [-0.39, 0.29) is 12.5 Å². The maximum Gasteiger partial charge on any atom is 0.389 e. The van der Waals surface area contributed by atoms with E-state index in [1.54, 1.807) is 0 Å². The van der Waals surface area contributed by atoms with Crippen molar-refractivity contribution in [1.29, 1.82) is 0 Å². The lowest BCUT2D eigenvalue weighted by molar-refractivity contribution is -0.135. The van der Waals surface area contributed by atoms with Crippen molar-refractivity contribution < 1.29 is 13.2 Å². The van der Waals surface area contributed by atoms with Gasteiger partial charge in [0.2, 0.25) is 0 Å². The zero-order valence-corrected chi connectivity index (χ0v) is 13.7. The van der Waals surface area contributed by atoms with Crippen LogP contribution < -0.4 is 5.32 Å². The summed E-state index contributed by atoms with van der Waals surface area (Å²) in [5, 5.41) is 3.28. The third-order valence-electron chi connectivity index (χ3n) is 3.26. The summed E-state index contributed by atoms with van der Waals surface area (Å²) in [6, 6.07) is 4.06. The molecule has 1 unspecified atom stereocenters. The zero-order valence-electron chi connectivity index (χ0n) is 12.1. The number of alkyl halides is 3. The number of rotatable bonds is 6. The molecule has 0 heterocycles. The zero-order chi connectivity index (χ0) is 15.3. The van der Waals surface area contributed by atoms with Crippen molar-refractivity contribution in [2.24, 2.45) is 0 Å². The van der Waals surface area contributed by atoms with Crippen molar-refractivity contribution in [3.05, 3.63) is 33.3 Å². The Morgan fingerprint density at radius 2 is 1.75 bits per heavy atom. The second-order valence-electron chi connectivity index (χ2n) is 5.09.